The lowest BCUT2D eigenvalue weighted by Gasteiger charge is -2.08. The number of rotatable bonds is 5. The lowest BCUT2D eigenvalue weighted by molar-refractivity contribution is -0.141. The summed E-state index contributed by atoms with van der Waals surface area (Å²) in [6, 6.07) is 13.8. The standard InChI is InChI=1S/C22H18N2O6S/c1-3-29-16-9-6-10-17-19(16)24(12-18(25)28-2)22(31-17)23-20(26)14-11-13-7-4-5-8-15(13)30-21(14)27/h4-11H,3,12H2,1-2H3. The van der Waals surface area contributed by atoms with Crippen LogP contribution in [0.5, 0.6) is 5.75 Å². The molecule has 0 saturated carbocycles. The van der Waals surface area contributed by atoms with Gasteiger partial charge in [-0.15, -0.1) is 0 Å². The Labute approximate surface area is 180 Å². The molecule has 8 nitrogen and oxygen atoms in total. The molecule has 2 aromatic carbocycles. The van der Waals surface area contributed by atoms with Crippen LogP contribution in [0, 0.1) is 0 Å². The van der Waals surface area contributed by atoms with E-state index in [1.165, 1.54) is 24.5 Å². The minimum atomic E-state index is -0.775. The molecule has 0 unspecified atom stereocenters. The first kappa shape index (κ1) is 20.5. The minimum Gasteiger partial charge on any atom is -0.492 e. The summed E-state index contributed by atoms with van der Waals surface area (Å²) in [7, 11) is 1.28. The predicted molar refractivity (Wildman–Crippen MR) is 115 cm³/mol. The fraction of sp³-hybridized carbons (Fsp3) is 0.182. The molecule has 0 aliphatic heterocycles. The van der Waals surface area contributed by atoms with Gasteiger partial charge in [-0.2, -0.15) is 4.99 Å². The largest absolute Gasteiger partial charge is 0.492 e. The molecule has 4 rings (SSSR count). The molecule has 0 radical (unpaired) electrons. The first-order valence-corrected chi connectivity index (χ1v) is 10.3. The van der Waals surface area contributed by atoms with Crippen molar-refractivity contribution < 1.29 is 23.5 Å². The van der Waals surface area contributed by atoms with E-state index in [1.807, 2.05) is 19.1 Å². The van der Waals surface area contributed by atoms with Crippen LogP contribution in [0.2, 0.25) is 0 Å². The van der Waals surface area contributed by atoms with Gasteiger partial charge in [0.05, 0.1) is 18.4 Å². The van der Waals surface area contributed by atoms with Gasteiger partial charge in [0.15, 0.2) is 4.80 Å². The Balaban J connectivity index is 1.90. The number of carbonyl (C=O) groups is 2. The molecular formula is C22H18N2O6S. The fourth-order valence-electron chi connectivity index (χ4n) is 3.15. The number of hydrogen-bond donors (Lipinski definition) is 0. The quantitative estimate of drug-likeness (QED) is 0.351. The van der Waals surface area contributed by atoms with Gasteiger partial charge in [0.25, 0.3) is 5.91 Å². The topological polar surface area (TPSA) is 100 Å². The van der Waals surface area contributed by atoms with E-state index < -0.39 is 17.5 Å². The van der Waals surface area contributed by atoms with Crippen molar-refractivity contribution >= 4 is 44.4 Å². The van der Waals surface area contributed by atoms with Gasteiger partial charge in [-0.3, -0.25) is 9.59 Å². The normalized spacial score (nSPS) is 11.7. The number of carbonyl (C=O) groups excluding carboxylic acids is 2. The third-order valence-corrected chi connectivity index (χ3v) is 5.59. The molecule has 0 fully saturated rings. The molecular weight excluding hydrogens is 420 g/mol. The molecule has 0 saturated heterocycles. The van der Waals surface area contributed by atoms with Crippen molar-refractivity contribution in [2.75, 3.05) is 13.7 Å². The van der Waals surface area contributed by atoms with Crippen LogP contribution in [0.4, 0.5) is 0 Å². The van der Waals surface area contributed by atoms with Crippen LogP contribution in [0.3, 0.4) is 0 Å². The molecule has 1 amide bonds. The second-order valence-electron chi connectivity index (χ2n) is 6.49. The van der Waals surface area contributed by atoms with Gasteiger partial charge >= 0.3 is 11.6 Å². The highest BCUT2D eigenvalue weighted by Crippen LogP contribution is 2.27. The SMILES string of the molecule is CCOc1cccc2sc(=NC(=O)c3cc4ccccc4oc3=O)n(CC(=O)OC)c12. The second-order valence-corrected chi connectivity index (χ2v) is 7.49. The summed E-state index contributed by atoms with van der Waals surface area (Å²) in [6.45, 7) is 2.11. The van der Waals surface area contributed by atoms with Crippen LogP contribution in [-0.2, 0) is 16.1 Å². The molecule has 9 heteroatoms. The number of amides is 1. The highest BCUT2D eigenvalue weighted by molar-refractivity contribution is 7.16. The average Bonchev–Trinajstić information content (AvgIpc) is 3.10. The van der Waals surface area contributed by atoms with E-state index in [-0.39, 0.29) is 16.9 Å². The van der Waals surface area contributed by atoms with Crippen LogP contribution in [0.25, 0.3) is 21.2 Å². The van der Waals surface area contributed by atoms with Gasteiger partial charge in [-0.1, -0.05) is 35.6 Å². The minimum absolute atomic E-state index is 0.168. The summed E-state index contributed by atoms with van der Waals surface area (Å²) in [5.41, 5.74) is 0.0405. The summed E-state index contributed by atoms with van der Waals surface area (Å²) < 4.78 is 18.0. The molecule has 2 aromatic heterocycles. The molecule has 4 aromatic rings. The van der Waals surface area contributed by atoms with Crippen molar-refractivity contribution in [3.8, 4) is 5.75 Å². The van der Waals surface area contributed by atoms with Gasteiger partial charge < -0.3 is 18.5 Å². The maximum Gasteiger partial charge on any atom is 0.349 e. The van der Waals surface area contributed by atoms with E-state index in [1.54, 1.807) is 34.9 Å². The number of aromatic nitrogens is 1. The number of fused-ring (bicyclic) bond motifs is 2. The predicted octanol–water partition coefficient (Wildman–Crippen LogP) is 3.12. The Kier molecular flexibility index (Phi) is 5.68. The Morgan fingerprint density at radius 3 is 2.74 bits per heavy atom. The monoisotopic (exact) mass is 438 g/mol. The number of thiazole rings is 1. The molecule has 0 bridgehead atoms. The second kappa shape index (κ2) is 8.57. The van der Waals surface area contributed by atoms with Crippen LogP contribution in [-0.4, -0.2) is 30.2 Å². The maximum atomic E-state index is 12.9. The van der Waals surface area contributed by atoms with Crippen LogP contribution >= 0.6 is 11.3 Å². The number of esters is 1. The lowest BCUT2D eigenvalue weighted by Crippen LogP contribution is -2.23. The van der Waals surface area contributed by atoms with Crippen LogP contribution in [0.15, 0.2) is 62.7 Å². The van der Waals surface area contributed by atoms with Gasteiger partial charge in [0.1, 0.15) is 29.0 Å². The smallest absolute Gasteiger partial charge is 0.349 e. The van der Waals surface area contributed by atoms with E-state index in [0.29, 0.717) is 28.8 Å². The van der Waals surface area contributed by atoms with E-state index in [9.17, 15) is 14.4 Å². The zero-order chi connectivity index (χ0) is 22.0. The molecule has 0 N–H and O–H groups in total. The van der Waals surface area contributed by atoms with E-state index in [0.717, 1.165) is 4.70 Å². The lowest BCUT2D eigenvalue weighted by atomic mass is 10.2. The number of benzene rings is 2. The van der Waals surface area contributed by atoms with Crippen molar-refractivity contribution in [1.82, 2.24) is 4.57 Å². The third kappa shape index (κ3) is 3.99. The van der Waals surface area contributed by atoms with Gasteiger partial charge in [-0.05, 0) is 31.2 Å². The number of ether oxygens (including phenoxy) is 2. The molecule has 0 aliphatic rings. The highest BCUT2D eigenvalue weighted by atomic mass is 32.1. The number of methoxy groups -OCH3 is 1. The van der Waals surface area contributed by atoms with E-state index >= 15 is 0 Å². The Morgan fingerprint density at radius 1 is 1.16 bits per heavy atom. The van der Waals surface area contributed by atoms with Crippen molar-refractivity contribution in [3.05, 3.63) is 69.3 Å². The number of nitrogens with zero attached hydrogens (tertiary/aromatic N) is 2. The maximum absolute atomic E-state index is 12.9. The Bertz CT molecular complexity index is 1430. The molecule has 0 spiro atoms. The summed E-state index contributed by atoms with van der Waals surface area (Å²) in [4.78, 5) is 41.6. The van der Waals surface area contributed by atoms with Gasteiger partial charge in [-0.25, -0.2) is 4.79 Å². The molecule has 158 valence electrons. The van der Waals surface area contributed by atoms with Crippen LogP contribution < -0.4 is 15.2 Å². The van der Waals surface area contributed by atoms with E-state index in [2.05, 4.69) is 4.99 Å². The molecule has 0 aliphatic carbocycles. The van der Waals surface area contributed by atoms with Gasteiger partial charge in [0.2, 0.25) is 0 Å². The summed E-state index contributed by atoms with van der Waals surface area (Å²) in [5, 5.41) is 0.609. The summed E-state index contributed by atoms with van der Waals surface area (Å²) >= 11 is 1.20. The highest BCUT2D eigenvalue weighted by Gasteiger charge is 2.18. The van der Waals surface area contributed by atoms with Gasteiger partial charge in [0, 0.05) is 5.39 Å². The summed E-state index contributed by atoms with van der Waals surface area (Å²) in [6.07, 6.45) is 0. The first-order chi connectivity index (χ1) is 15.0. The van der Waals surface area contributed by atoms with Crippen LogP contribution in [0.1, 0.15) is 17.3 Å². The van der Waals surface area contributed by atoms with Crippen molar-refractivity contribution in [2.45, 2.75) is 13.5 Å². The van der Waals surface area contributed by atoms with E-state index in [4.69, 9.17) is 13.9 Å². The molecule has 0 atom stereocenters. The Hall–Kier alpha value is -3.72. The third-order valence-electron chi connectivity index (χ3n) is 4.55. The molecule has 2 heterocycles. The number of para-hydroxylation sites is 2. The fourth-order valence-corrected chi connectivity index (χ4v) is 4.20. The zero-order valence-electron chi connectivity index (χ0n) is 16.8. The number of hydrogen-bond acceptors (Lipinski definition) is 7. The van der Waals surface area contributed by atoms with Crippen molar-refractivity contribution in [2.24, 2.45) is 4.99 Å². The first-order valence-electron chi connectivity index (χ1n) is 9.45. The average molecular weight is 438 g/mol. The zero-order valence-corrected chi connectivity index (χ0v) is 17.6. The van der Waals surface area contributed by atoms with Crippen molar-refractivity contribution in [1.29, 1.82) is 0 Å². The Morgan fingerprint density at radius 2 is 1.97 bits per heavy atom. The summed E-state index contributed by atoms with van der Waals surface area (Å²) in [5.74, 6) is -0.716. The van der Waals surface area contributed by atoms with Crippen molar-refractivity contribution in [3.63, 3.8) is 0 Å². The molecule has 31 heavy (non-hydrogen) atoms.